The number of carbonyl (C=O) groups excluding carboxylic acids is 2. The molecule has 2 amide bonds. The maximum absolute atomic E-state index is 13.5. The second-order valence-corrected chi connectivity index (χ2v) is 8.53. The molecular weight excluding hydrogens is 394 g/mol. The van der Waals surface area contributed by atoms with E-state index in [1.165, 1.54) is 0 Å². The van der Waals surface area contributed by atoms with Crippen LogP contribution < -0.4 is 10.2 Å². The molecule has 2 aromatic rings. The van der Waals surface area contributed by atoms with Crippen LogP contribution in [-0.4, -0.2) is 59.0 Å². The Morgan fingerprint density at radius 2 is 2.16 bits per heavy atom. The van der Waals surface area contributed by atoms with Crippen LogP contribution in [0.3, 0.4) is 0 Å². The van der Waals surface area contributed by atoms with Crippen LogP contribution in [0.2, 0.25) is 0 Å². The summed E-state index contributed by atoms with van der Waals surface area (Å²) in [5, 5.41) is 3.07. The van der Waals surface area contributed by atoms with Gasteiger partial charge < -0.3 is 19.9 Å². The lowest BCUT2D eigenvalue weighted by atomic mass is 10.1. The van der Waals surface area contributed by atoms with E-state index in [9.17, 15) is 9.59 Å². The average Bonchev–Trinajstić information content (AvgIpc) is 3.47. The van der Waals surface area contributed by atoms with E-state index >= 15 is 0 Å². The molecule has 0 aromatic carbocycles. The van der Waals surface area contributed by atoms with E-state index in [-0.39, 0.29) is 24.5 Å². The number of hydrogen-bond donors (Lipinski definition) is 1. The molecule has 1 saturated heterocycles. The van der Waals surface area contributed by atoms with E-state index in [4.69, 9.17) is 4.74 Å². The molecule has 0 spiro atoms. The molecule has 5 rings (SSSR count). The van der Waals surface area contributed by atoms with E-state index < -0.39 is 0 Å². The summed E-state index contributed by atoms with van der Waals surface area (Å²) in [4.78, 5) is 38.5. The van der Waals surface area contributed by atoms with Crippen LogP contribution in [-0.2, 0) is 16.1 Å². The summed E-state index contributed by atoms with van der Waals surface area (Å²) in [6.07, 6.45) is 7.63. The van der Waals surface area contributed by atoms with Crippen LogP contribution >= 0.6 is 0 Å². The van der Waals surface area contributed by atoms with Gasteiger partial charge in [0, 0.05) is 32.1 Å². The van der Waals surface area contributed by atoms with E-state index in [1.54, 1.807) is 28.3 Å². The molecule has 1 saturated carbocycles. The Morgan fingerprint density at radius 1 is 1.26 bits per heavy atom. The van der Waals surface area contributed by atoms with Crippen LogP contribution in [0, 0.1) is 5.92 Å². The van der Waals surface area contributed by atoms with Crippen LogP contribution in [0.25, 0.3) is 0 Å². The minimum Gasteiger partial charge on any atom is -0.376 e. The van der Waals surface area contributed by atoms with Crippen molar-refractivity contribution in [3.63, 3.8) is 0 Å². The minimum absolute atomic E-state index is 0.0236. The van der Waals surface area contributed by atoms with Crippen molar-refractivity contribution in [3.05, 3.63) is 47.9 Å². The van der Waals surface area contributed by atoms with E-state index in [0.29, 0.717) is 42.6 Å². The molecule has 2 aliphatic heterocycles. The highest BCUT2D eigenvalue weighted by Crippen LogP contribution is 2.35. The van der Waals surface area contributed by atoms with Gasteiger partial charge >= 0.3 is 0 Å². The smallest absolute Gasteiger partial charge is 0.255 e. The lowest BCUT2D eigenvalue weighted by molar-refractivity contribution is -0.117. The van der Waals surface area contributed by atoms with Gasteiger partial charge in [-0.1, -0.05) is 6.07 Å². The number of anilines is 2. The zero-order valence-corrected chi connectivity index (χ0v) is 17.5. The highest BCUT2D eigenvalue weighted by Gasteiger charge is 2.32. The van der Waals surface area contributed by atoms with Gasteiger partial charge in [0.15, 0.2) is 0 Å². The van der Waals surface area contributed by atoms with Crippen molar-refractivity contribution >= 4 is 23.3 Å². The molecule has 2 aromatic heterocycles. The lowest BCUT2D eigenvalue weighted by Crippen LogP contribution is -2.42. The zero-order chi connectivity index (χ0) is 21.2. The summed E-state index contributed by atoms with van der Waals surface area (Å²) in [6.45, 7) is 2.58. The number of rotatable bonds is 7. The molecule has 1 atom stereocenters. The summed E-state index contributed by atoms with van der Waals surface area (Å²) in [7, 11) is 0. The summed E-state index contributed by atoms with van der Waals surface area (Å²) < 4.78 is 5.79. The molecule has 31 heavy (non-hydrogen) atoms. The van der Waals surface area contributed by atoms with Crippen LogP contribution in [0.4, 0.5) is 11.5 Å². The van der Waals surface area contributed by atoms with E-state index in [0.717, 1.165) is 38.0 Å². The minimum atomic E-state index is -0.124. The number of nitrogens with one attached hydrogen (secondary N) is 1. The standard InChI is InChI=1S/C23H27N5O3/c29-21-12-26-22-20(28(21)13-16-6-7-16)10-17(11-25-22)23(30)27(15-19-5-3-9-31-19)14-18-4-1-2-8-24-18/h1-2,4,8,10-11,16,19H,3,5-7,9,12-15H2,(H,25,26). The Morgan fingerprint density at radius 3 is 2.90 bits per heavy atom. The molecule has 1 N–H and O–H groups in total. The van der Waals surface area contributed by atoms with Crippen molar-refractivity contribution < 1.29 is 14.3 Å². The predicted octanol–water partition coefficient (Wildman–Crippen LogP) is 2.47. The van der Waals surface area contributed by atoms with Crippen molar-refractivity contribution in [2.45, 2.75) is 38.3 Å². The molecule has 0 bridgehead atoms. The Kier molecular flexibility index (Phi) is 5.55. The number of amides is 2. The number of ether oxygens (including phenoxy) is 1. The molecule has 8 nitrogen and oxygen atoms in total. The number of nitrogens with zero attached hydrogens (tertiary/aromatic N) is 4. The highest BCUT2D eigenvalue weighted by atomic mass is 16.5. The molecule has 162 valence electrons. The van der Waals surface area contributed by atoms with Crippen molar-refractivity contribution in [2.75, 3.05) is 36.5 Å². The molecule has 2 fully saturated rings. The summed E-state index contributed by atoms with van der Waals surface area (Å²) >= 11 is 0. The Balaban J connectivity index is 1.41. The van der Waals surface area contributed by atoms with Crippen molar-refractivity contribution in [3.8, 4) is 0 Å². The Bertz CT molecular complexity index is 957. The maximum atomic E-state index is 13.5. The number of carbonyl (C=O) groups is 2. The van der Waals surface area contributed by atoms with Crippen LogP contribution in [0.5, 0.6) is 0 Å². The zero-order valence-electron chi connectivity index (χ0n) is 17.5. The Hall–Kier alpha value is -3.00. The summed E-state index contributed by atoms with van der Waals surface area (Å²) in [5.41, 5.74) is 2.00. The first-order valence-electron chi connectivity index (χ1n) is 11.0. The third-order valence-electron chi connectivity index (χ3n) is 6.07. The number of pyridine rings is 2. The Labute approximate surface area is 181 Å². The molecule has 8 heteroatoms. The normalized spacial score (nSPS) is 20.3. The van der Waals surface area contributed by atoms with Crippen LogP contribution in [0.1, 0.15) is 41.7 Å². The second kappa shape index (κ2) is 8.63. The number of aromatic nitrogens is 2. The molecule has 4 heterocycles. The first kappa shape index (κ1) is 19.9. The third kappa shape index (κ3) is 4.54. The second-order valence-electron chi connectivity index (χ2n) is 8.53. The summed E-state index contributed by atoms with van der Waals surface area (Å²) in [6, 6.07) is 7.51. The molecule has 3 aliphatic rings. The average molecular weight is 422 g/mol. The van der Waals surface area contributed by atoms with Gasteiger partial charge in [0.1, 0.15) is 5.82 Å². The van der Waals surface area contributed by atoms with Gasteiger partial charge in [0.2, 0.25) is 5.91 Å². The van der Waals surface area contributed by atoms with Crippen molar-refractivity contribution in [2.24, 2.45) is 5.92 Å². The first-order valence-corrected chi connectivity index (χ1v) is 11.0. The van der Waals surface area contributed by atoms with Gasteiger partial charge in [-0.3, -0.25) is 14.6 Å². The maximum Gasteiger partial charge on any atom is 0.255 e. The summed E-state index contributed by atoms with van der Waals surface area (Å²) in [5.74, 6) is 1.11. The molecule has 0 radical (unpaired) electrons. The van der Waals surface area contributed by atoms with Gasteiger partial charge in [-0.2, -0.15) is 0 Å². The lowest BCUT2D eigenvalue weighted by Gasteiger charge is -2.30. The SMILES string of the molecule is O=C(c1cnc2c(c1)N(CC1CC1)C(=O)CN2)N(Cc1ccccn1)CC1CCCO1. The fourth-order valence-corrected chi connectivity index (χ4v) is 4.18. The first-order chi connectivity index (χ1) is 15.2. The van der Waals surface area contributed by atoms with Crippen molar-refractivity contribution in [1.82, 2.24) is 14.9 Å². The monoisotopic (exact) mass is 421 g/mol. The van der Waals surface area contributed by atoms with Gasteiger partial charge in [0.25, 0.3) is 5.91 Å². The van der Waals surface area contributed by atoms with Gasteiger partial charge in [0.05, 0.1) is 36.1 Å². The van der Waals surface area contributed by atoms with Gasteiger partial charge in [-0.15, -0.1) is 0 Å². The topological polar surface area (TPSA) is 87.7 Å². The largest absolute Gasteiger partial charge is 0.376 e. The highest BCUT2D eigenvalue weighted by molar-refractivity contribution is 6.04. The predicted molar refractivity (Wildman–Crippen MR) is 116 cm³/mol. The van der Waals surface area contributed by atoms with E-state index in [2.05, 4.69) is 15.3 Å². The van der Waals surface area contributed by atoms with Gasteiger partial charge in [-0.25, -0.2) is 4.98 Å². The molecule has 1 aliphatic carbocycles. The molecule has 1 unspecified atom stereocenters. The van der Waals surface area contributed by atoms with E-state index in [1.807, 2.05) is 18.2 Å². The fraction of sp³-hybridized carbons (Fsp3) is 0.478. The quantitative estimate of drug-likeness (QED) is 0.739. The fourth-order valence-electron chi connectivity index (χ4n) is 4.18. The number of hydrogen-bond acceptors (Lipinski definition) is 6. The van der Waals surface area contributed by atoms with Crippen molar-refractivity contribution in [1.29, 1.82) is 0 Å². The van der Waals surface area contributed by atoms with Crippen LogP contribution in [0.15, 0.2) is 36.7 Å². The van der Waals surface area contributed by atoms with Gasteiger partial charge in [-0.05, 0) is 49.8 Å². The third-order valence-corrected chi connectivity index (χ3v) is 6.07. The number of fused-ring (bicyclic) bond motifs is 1. The molecular formula is C23H27N5O3.